The molecule has 2 unspecified atom stereocenters. The third kappa shape index (κ3) is 2.13. The molecule has 6 heteroatoms. The van der Waals surface area contributed by atoms with E-state index in [9.17, 15) is 0 Å². The van der Waals surface area contributed by atoms with E-state index in [0.717, 1.165) is 25.7 Å². The molecule has 0 radical (unpaired) electrons. The monoisotopic (exact) mass is 552 g/mol. The number of benzene rings is 4. The third-order valence-corrected chi connectivity index (χ3v) is 12.4. The highest BCUT2D eigenvalue weighted by Crippen LogP contribution is 2.60. The summed E-state index contributed by atoms with van der Waals surface area (Å²) >= 11 is 0. The Morgan fingerprint density at radius 3 is 1.60 bits per heavy atom. The van der Waals surface area contributed by atoms with Crippen LogP contribution in [-0.4, -0.2) is 26.3 Å². The number of rotatable bonds is 0. The maximum absolute atomic E-state index is 4.25. The lowest BCUT2D eigenvalue weighted by atomic mass is 9.42. The number of nitrogens with one attached hydrogen (secondary N) is 2. The van der Waals surface area contributed by atoms with Crippen molar-refractivity contribution in [2.75, 3.05) is 12.9 Å². The minimum absolute atomic E-state index is 0.233. The van der Waals surface area contributed by atoms with Crippen LogP contribution >= 0.6 is 0 Å². The van der Waals surface area contributed by atoms with E-state index in [1.54, 1.807) is 11.1 Å². The Balaban J connectivity index is 1.32. The van der Waals surface area contributed by atoms with Gasteiger partial charge in [-0.05, 0) is 70.2 Å². The van der Waals surface area contributed by atoms with Crippen molar-refractivity contribution >= 4 is 24.4 Å². The van der Waals surface area contributed by atoms with Crippen LogP contribution in [0, 0.1) is 0 Å². The van der Waals surface area contributed by atoms with Crippen molar-refractivity contribution < 1.29 is 9.13 Å². The molecule has 2 N–H and O–H groups in total. The first-order valence-corrected chi connectivity index (χ1v) is 16.2. The quantitative estimate of drug-likeness (QED) is 0.224. The fourth-order valence-electron chi connectivity index (χ4n) is 11.0. The van der Waals surface area contributed by atoms with Crippen LogP contribution in [0.4, 0.5) is 0 Å². The van der Waals surface area contributed by atoms with Gasteiger partial charge in [0.1, 0.15) is 0 Å². The highest BCUT2D eigenvalue weighted by molar-refractivity contribution is 6.73. The minimum atomic E-state index is -0.413. The van der Waals surface area contributed by atoms with Crippen molar-refractivity contribution in [3.05, 3.63) is 141 Å². The summed E-state index contributed by atoms with van der Waals surface area (Å²) in [7, 11) is 0. The van der Waals surface area contributed by atoms with Gasteiger partial charge in [0.05, 0.1) is 17.2 Å². The lowest BCUT2D eigenvalue weighted by Crippen LogP contribution is -2.83. The SMILES string of the molecule is CB1CNC23c4c(cccc41)Cc1ccc4c(c12)C1c2c-4ccc4c2C2(NCB(C)c5cccc(c52)C4)[n+]2ccc[n+]3c21. The fourth-order valence-corrected chi connectivity index (χ4v) is 11.0. The molecule has 0 bridgehead atoms. The summed E-state index contributed by atoms with van der Waals surface area (Å²) in [6.07, 6.45) is 8.72. The van der Waals surface area contributed by atoms with E-state index in [1.807, 2.05) is 0 Å². The molecular formula is C37H30B2N4+2. The topological polar surface area (TPSA) is 31.8 Å². The van der Waals surface area contributed by atoms with Crippen molar-refractivity contribution in [3.63, 3.8) is 0 Å². The van der Waals surface area contributed by atoms with Crippen molar-refractivity contribution in [2.45, 2.75) is 43.7 Å². The molecule has 0 amide bonds. The summed E-state index contributed by atoms with van der Waals surface area (Å²) in [6.45, 7) is 5.73. The molecule has 1 aromatic heterocycles. The molecule has 0 saturated heterocycles. The lowest BCUT2D eigenvalue weighted by Gasteiger charge is -2.48. The Bertz CT molecular complexity index is 2070. The Morgan fingerprint density at radius 1 is 0.605 bits per heavy atom. The Labute approximate surface area is 252 Å². The van der Waals surface area contributed by atoms with Crippen LogP contribution in [-0.2, 0) is 24.2 Å². The van der Waals surface area contributed by atoms with Gasteiger partial charge in [-0.1, -0.05) is 85.2 Å². The van der Waals surface area contributed by atoms with E-state index < -0.39 is 11.3 Å². The molecule has 7 aliphatic rings. The standard InChI is InChI=1S/C37H30B2N4/c1-38-18-40-36-31-20(6-3-8-26(31)38)16-22-10-12-24-25-13-11-23-17-21-7-4-9-27-32(21)37(41-19-39(27)2)34(23)29(25)30(28(24)33(22)36)35-42(36)14-5-15-43(35)37/h3-15,30,40-41H,16-19H2,1-2H3/q+2. The second-order valence-electron chi connectivity index (χ2n) is 14.2. The van der Waals surface area contributed by atoms with Gasteiger partial charge in [0.15, 0.2) is 31.7 Å². The fraction of sp³-hybridized carbons (Fsp3) is 0.243. The summed E-state index contributed by atoms with van der Waals surface area (Å²) in [5.74, 6) is 1.64. The summed E-state index contributed by atoms with van der Waals surface area (Å²) < 4.78 is 5.38. The molecular weight excluding hydrogens is 522 g/mol. The van der Waals surface area contributed by atoms with Crippen LogP contribution in [0.3, 0.4) is 0 Å². The van der Waals surface area contributed by atoms with Crippen molar-refractivity contribution in [1.29, 1.82) is 0 Å². The molecule has 3 aliphatic carbocycles. The highest BCUT2D eigenvalue weighted by atomic mass is 15.4. The number of fused-ring (bicyclic) bond motifs is 1. The second-order valence-corrected chi connectivity index (χ2v) is 14.2. The minimum Gasteiger partial charge on any atom is -0.255 e. The average molecular weight is 552 g/mol. The second kappa shape index (κ2) is 6.88. The van der Waals surface area contributed by atoms with E-state index in [4.69, 9.17) is 0 Å². The van der Waals surface area contributed by atoms with Crippen LogP contribution in [0.1, 0.15) is 67.4 Å². The molecule has 2 spiro atoms. The van der Waals surface area contributed by atoms with Crippen LogP contribution in [0.25, 0.3) is 11.1 Å². The van der Waals surface area contributed by atoms with Crippen LogP contribution in [0.2, 0.25) is 13.6 Å². The Hall–Kier alpha value is -3.99. The van der Waals surface area contributed by atoms with Crippen LogP contribution < -0.4 is 30.7 Å². The molecule has 4 nitrogen and oxygen atoms in total. The van der Waals surface area contributed by atoms with Crippen molar-refractivity contribution in [1.82, 2.24) is 10.6 Å². The molecule has 2 atom stereocenters. The molecule has 0 fully saturated rings. The van der Waals surface area contributed by atoms with Crippen LogP contribution in [0.15, 0.2) is 79.1 Å². The summed E-state index contributed by atoms with van der Waals surface area (Å²) in [4.78, 5) is 0. The van der Waals surface area contributed by atoms with Gasteiger partial charge < -0.3 is 0 Å². The first-order chi connectivity index (χ1) is 21.1. The van der Waals surface area contributed by atoms with Gasteiger partial charge >= 0.3 is 5.82 Å². The summed E-state index contributed by atoms with van der Waals surface area (Å²) in [6, 6.07) is 26.3. The predicted octanol–water partition coefficient (Wildman–Crippen LogP) is 2.30. The molecule has 12 rings (SSSR count). The first-order valence-electron chi connectivity index (χ1n) is 16.2. The zero-order valence-corrected chi connectivity index (χ0v) is 24.5. The molecule has 43 heavy (non-hydrogen) atoms. The Kier molecular flexibility index (Phi) is 3.60. The summed E-state index contributed by atoms with van der Waals surface area (Å²) in [5.41, 5.74) is 20.2. The molecule has 5 aromatic rings. The molecule has 5 heterocycles. The average Bonchev–Trinajstić information content (AvgIpc) is 3.38. The molecule has 0 saturated carbocycles. The zero-order valence-electron chi connectivity index (χ0n) is 24.5. The first kappa shape index (κ1) is 22.5. The molecule has 4 aromatic carbocycles. The van der Waals surface area contributed by atoms with Crippen molar-refractivity contribution in [3.8, 4) is 11.1 Å². The highest BCUT2D eigenvalue weighted by Gasteiger charge is 2.70. The molecule has 202 valence electrons. The van der Waals surface area contributed by atoms with Gasteiger partial charge in [-0.2, -0.15) is 0 Å². The van der Waals surface area contributed by atoms with Crippen LogP contribution in [0.5, 0.6) is 0 Å². The summed E-state index contributed by atoms with van der Waals surface area (Å²) in [5, 5.41) is 8.51. The van der Waals surface area contributed by atoms with Gasteiger partial charge in [0.2, 0.25) is 0 Å². The number of nitrogens with zero attached hydrogens (tertiary/aromatic N) is 2. The number of hydrogen-bond donors (Lipinski definition) is 2. The maximum atomic E-state index is 4.25. The predicted molar refractivity (Wildman–Crippen MR) is 169 cm³/mol. The number of hydrogen-bond acceptors (Lipinski definition) is 2. The van der Waals surface area contributed by atoms with E-state index >= 15 is 0 Å². The third-order valence-electron chi connectivity index (χ3n) is 12.4. The van der Waals surface area contributed by atoms with Gasteiger partial charge in [-0.3, -0.25) is 10.6 Å². The van der Waals surface area contributed by atoms with Gasteiger partial charge in [0.25, 0.3) is 11.3 Å². The van der Waals surface area contributed by atoms with Gasteiger partial charge in [0, 0.05) is 11.1 Å². The molecule has 4 aliphatic heterocycles. The van der Waals surface area contributed by atoms with E-state index in [0.29, 0.717) is 13.4 Å². The van der Waals surface area contributed by atoms with E-state index in [2.05, 4.69) is 113 Å². The van der Waals surface area contributed by atoms with Gasteiger partial charge in [-0.25, -0.2) is 0 Å². The Morgan fingerprint density at radius 2 is 1.09 bits per heavy atom. The van der Waals surface area contributed by atoms with E-state index in [1.165, 1.54) is 72.4 Å². The van der Waals surface area contributed by atoms with E-state index in [-0.39, 0.29) is 5.92 Å². The zero-order chi connectivity index (χ0) is 28.0. The number of aromatic nitrogens is 2. The van der Waals surface area contributed by atoms with Gasteiger partial charge in [-0.15, -0.1) is 9.13 Å². The smallest absolute Gasteiger partial charge is 0.255 e. The lowest BCUT2D eigenvalue weighted by molar-refractivity contribution is -0.886. The normalized spacial score (nSPS) is 26.1. The van der Waals surface area contributed by atoms with Crippen molar-refractivity contribution in [2.24, 2.45) is 0 Å². The maximum Gasteiger partial charge on any atom is 0.434 e. The largest absolute Gasteiger partial charge is 0.434 e.